The molecule has 0 aliphatic carbocycles. The SMILES string of the molecule is O=c1cnn(O)[c]n1. The van der Waals surface area contributed by atoms with Gasteiger partial charge in [-0.1, -0.05) is 4.85 Å². The molecule has 0 amide bonds. The fourth-order valence-corrected chi connectivity index (χ4v) is 0.253. The van der Waals surface area contributed by atoms with E-state index in [4.69, 9.17) is 5.21 Å². The molecule has 1 heterocycles. The third-order valence-corrected chi connectivity index (χ3v) is 0.527. The highest BCUT2D eigenvalue weighted by molar-refractivity contribution is 4.63. The molecular formula is C3H2N3O2. The van der Waals surface area contributed by atoms with Gasteiger partial charge in [-0.05, 0) is 0 Å². The summed E-state index contributed by atoms with van der Waals surface area (Å²) in [5.41, 5.74) is -0.518. The molecule has 0 aliphatic rings. The predicted molar refractivity (Wildman–Crippen MR) is 22.3 cm³/mol. The standard InChI is InChI=1S/C3H2N3O2/c7-3-1-5-6(8)2-4-3/h1,8H. The van der Waals surface area contributed by atoms with Crippen LogP contribution >= 0.6 is 0 Å². The summed E-state index contributed by atoms with van der Waals surface area (Å²) in [5.74, 6) is 0. The maximum atomic E-state index is 10.1. The summed E-state index contributed by atoms with van der Waals surface area (Å²) >= 11 is 0. The van der Waals surface area contributed by atoms with E-state index < -0.39 is 5.56 Å². The third kappa shape index (κ3) is 0.810. The van der Waals surface area contributed by atoms with E-state index in [2.05, 4.69) is 10.1 Å². The molecule has 1 aromatic heterocycles. The van der Waals surface area contributed by atoms with E-state index >= 15 is 0 Å². The number of hydrogen-bond acceptors (Lipinski definition) is 4. The van der Waals surface area contributed by atoms with Crippen LogP contribution in [-0.4, -0.2) is 20.1 Å². The summed E-state index contributed by atoms with van der Waals surface area (Å²) in [6.07, 6.45) is 2.78. The van der Waals surface area contributed by atoms with Gasteiger partial charge < -0.3 is 5.21 Å². The van der Waals surface area contributed by atoms with Gasteiger partial charge in [0.25, 0.3) is 5.56 Å². The monoisotopic (exact) mass is 112 g/mol. The first kappa shape index (κ1) is 4.76. The average molecular weight is 112 g/mol. The van der Waals surface area contributed by atoms with Gasteiger partial charge in [-0.15, -0.1) is 5.10 Å². The van der Waals surface area contributed by atoms with Gasteiger partial charge >= 0.3 is 0 Å². The van der Waals surface area contributed by atoms with E-state index in [0.29, 0.717) is 4.85 Å². The molecule has 0 unspecified atom stereocenters. The van der Waals surface area contributed by atoms with Crippen molar-refractivity contribution in [1.82, 2.24) is 14.9 Å². The lowest BCUT2D eigenvalue weighted by Crippen LogP contribution is -2.10. The van der Waals surface area contributed by atoms with Crippen molar-refractivity contribution in [2.45, 2.75) is 0 Å². The minimum Gasteiger partial charge on any atom is -0.410 e. The van der Waals surface area contributed by atoms with Gasteiger partial charge in [-0.3, -0.25) is 4.79 Å². The van der Waals surface area contributed by atoms with E-state index in [1.807, 2.05) is 6.33 Å². The molecule has 0 spiro atoms. The molecule has 41 valence electrons. The largest absolute Gasteiger partial charge is 0.410 e. The van der Waals surface area contributed by atoms with Crippen LogP contribution in [0.1, 0.15) is 0 Å². The second-order valence-corrected chi connectivity index (χ2v) is 1.08. The van der Waals surface area contributed by atoms with Gasteiger partial charge in [0.15, 0.2) is 0 Å². The molecule has 0 atom stereocenters. The highest BCUT2D eigenvalue weighted by atomic mass is 16.5. The highest BCUT2D eigenvalue weighted by Crippen LogP contribution is 1.57. The molecular weight excluding hydrogens is 110 g/mol. The number of aromatic nitrogens is 3. The Morgan fingerprint density at radius 3 is 3.00 bits per heavy atom. The van der Waals surface area contributed by atoms with Crippen molar-refractivity contribution in [3.05, 3.63) is 22.9 Å². The summed E-state index contributed by atoms with van der Waals surface area (Å²) in [5, 5.41) is 11.4. The maximum absolute atomic E-state index is 10.1. The lowest BCUT2D eigenvalue weighted by atomic mass is 10.9. The van der Waals surface area contributed by atoms with Crippen LogP contribution in [0.5, 0.6) is 0 Å². The summed E-state index contributed by atoms with van der Waals surface area (Å²) in [6.45, 7) is 0. The maximum Gasteiger partial charge on any atom is 0.292 e. The second kappa shape index (κ2) is 1.61. The van der Waals surface area contributed by atoms with Crippen LogP contribution in [-0.2, 0) is 0 Å². The average Bonchev–Trinajstić information content (AvgIpc) is 1.77. The Kier molecular flexibility index (Phi) is 0.957. The number of nitrogens with zero attached hydrogens (tertiary/aromatic N) is 3. The molecule has 5 nitrogen and oxygen atoms in total. The molecule has 0 saturated heterocycles. The quantitative estimate of drug-likeness (QED) is 0.422. The van der Waals surface area contributed by atoms with Crippen LogP contribution in [0, 0.1) is 6.33 Å². The first-order chi connectivity index (χ1) is 3.79. The Morgan fingerprint density at radius 2 is 2.62 bits per heavy atom. The highest BCUT2D eigenvalue weighted by Gasteiger charge is 1.82. The zero-order valence-electron chi connectivity index (χ0n) is 3.77. The molecule has 0 fully saturated rings. The molecule has 0 aromatic carbocycles. The summed E-state index contributed by atoms with van der Waals surface area (Å²) in [4.78, 5) is 13.5. The lowest BCUT2D eigenvalue weighted by Gasteiger charge is -1.84. The molecule has 1 N–H and O–H groups in total. The molecule has 0 saturated carbocycles. The van der Waals surface area contributed by atoms with Gasteiger partial charge in [0.2, 0.25) is 6.33 Å². The molecule has 1 radical (unpaired) electrons. The molecule has 1 rings (SSSR count). The number of rotatable bonds is 0. The van der Waals surface area contributed by atoms with Crippen molar-refractivity contribution in [3.63, 3.8) is 0 Å². The Hall–Kier alpha value is -1.39. The topological polar surface area (TPSA) is 68.0 Å². The van der Waals surface area contributed by atoms with Gasteiger partial charge in [-0.2, -0.15) is 4.98 Å². The molecule has 0 aliphatic heterocycles. The predicted octanol–water partition coefficient (Wildman–Crippen LogP) is -1.32. The molecule has 0 bridgehead atoms. The van der Waals surface area contributed by atoms with Gasteiger partial charge in [0.1, 0.15) is 6.20 Å². The summed E-state index contributed by atoms with van der Waals surface area (Å²) < 4.78 is 0. The fourth-order valence-electron chi connectivity index (χ4n) is 0.253. The first-order valence-corrected chi connectivity index (χ1v) is 1.82. The van der Waals surface area contributed by atoms with Crippen molar-refractivity contribution < 1.29 is 5.21 Å². The zero-order chi connectivity index (χ0) is 5.98. The first-order valence-electron chi connectivity index (χ1n) is 1.82. The Morgan fingerprint density at radius 1 is 1.88 bits per heavy atom. The number of hydrogen-bond donors (Lipinski definition) is 1. The molecule has 8 heavy (non-hydrogen) atoms. The van der Waals surface area contributed by atoms with Gasteiger partial charge in [0, 0.05) is 0 Å². The van der Waals surface area contributed by atoms with Crippen molar-refractivity contribution >= 4 is 0 Å². The van der Waals surface area contributed by atoms with Crippen LogP contribution in [0.4, 0.5) is 0 Å². The lowest BCUT2D eigenvalue weighted by molar-refractivity contribution is 0.136. The van der Waals surface area contributed by atoms with Crippen molar-refractivity contribution in [1.29, 1.82) is 0 Å². The molecule has 1 aromatic rings. The van der Waals surface area contributed by atoms with E-state index in [0.717, 1.165) is 6.20 Å². The summed E-state index contributed by atoms with van der Waals surface area (Å²) in [6, 6.07) is 0. The summed E-state index contributed by atoms with van der Waals surface area (Å²) in [7, 11) is 0. The Balaban J connectivity index is 3.22. The fraction of sp³-hybridized carbons (Fsp3) is 0. The Labute approximate surface area is 44.2 Å². The second-order valence-electron chi connectivity index (χ2n) is 1.08. The van der Waals surface area contributed by atoms with Crippen LogP contribution in [0.25, 0.3) is 0 Å². The zero-order valence-corrected chi connectivity index (χ0v) is 3.77. The van der Waals surface area contributed by atoms with Crippen molar-refractivity contribution in [2.75, 3.05) is 0 Å². The Bertz CT molecular complexity index is 210. The van der Waals surface area contributed by atoms with Gasteiger partial charge in [-0.25, -0.2) is 0 Å². The molecule has 5 heteroatoms. The van der Waals surface area contributed by atoms with Crippen LogP contribution in [0.3, 0.4) is 0 Å². The minimum atomic E-state index is -0.518. The third-order valence-electron chi connectivity index (χ3n) is 0.527. The van der Waals surface area contributed by atoms with E-state index in [-0.39, 0.29) is 0 Å². The normalized spacial score (nSPS) is 9.00. The van der Waals surface area contributed by atoms with E-state index in [9.17, 15) is 4.79 Å². The van der Waals surface area contributed by atoms with Gasteiger partial charge in [0.05, 0.1) is 0 Å². The van der Waals surface area contributed by atoms with Crippen LogP contribution in [0.2, 0.25) is 0 Å². The minimum absolute atomic E-state index is 0.335. The van der Waals surface area contributed by atoms with Crippen LogP contribution in [0.15, 0.2) is 11.0 Å². The van der Waals surface area contributed by atoms with Crippen LogP contribution < -0.4 is 5.56 Å². The van der Waals surface area contributed by atoms with E-state index in [1.165, 1.54) is 0 Å². The van der Waals surface area contributed by atoms with Crippen molar-refractivity contribution in [2.24, 2.45) is 0 Å². The smallest absolute Gasteiger partial charge is 0.292 e. The van der Waals surface area contributed by atoms with Crippen molar-refractivity contribution in [3.8, 4) is 0 Å². The van der Waals surface area contributed by atoms with E-state index in [1.54, 1.807) is 0 Å².